The zero-order valence-corrected chi connectivity index (χ0v) is 5.39. The molecule has 1 aromatic rings. The quantitative estimate of drug-likeness (QED) is 0.666. The van der Waals surface area contributed by atoms with Crippen LogP contribution in [0.15, 0.2) is 22.4 Å². The predicted molar refractivity (Wildman–Crippen MR) is 39.5 cm³/mol. The van der Waals surface area contributed by atoms with Gasteiger partial charge < -0.3 is 4.42 Å². The molecule has 0 aliphatic carbocycles. The van der Waals surface area contributed by atoms with Crippen LogP contribution in [0.4, 0.5) is 0 Å². The van der Waals surface area contributed by atoms with Gasteiger partial charge in [0, 0.05) is 0 Å². The van der Waals surface area contributed by atoms with Gasteiger partial charge >= 0.3 is 5.76 Å². The van der Waals surface area contributed by atoms with E-state index in [1.807, 2.05) is 0 Å². The van der Waals surface area contributed by atoms with Crippen LogP contribution in [0.2, 0.25) is 0 Å². The van der Waals surface area contributed by atoms with Gasteiger partial charge in [0.2, 0.25) is 0 Å². The maximum absolute atomic E-state index is 10.5. The zero-order chi connectivity index (χ0) is 7.56. The van der Waals surface area contributed by atoms with E-state index in [1.54, 1.807) is 0 Å². The fourth-order valence-corrected chi connectivity index (χ4v) is 0.655. The molecular weight excluding hydrogens is 130 g/mol. The number of oxazole rings is 1. The summed E-state index contributed by atoms with van der Waals surface area (Å²) in [6.45, 7) is 6.93. The standard InChI is InChI=1S/C7H7NO2/c1-3-5-6(4-2)10-7(9)8-5/h3-4H,1-2H2,(H,8,9). The highest BCUT2D eigenvalue weighted by Crippen LogP contribution is 2.04. The molecule has 0 atom stereocenters. The summed E-state index contributed by atoms with van der Waals surface area (Å²) in [5.41, 5.74) is 0.569. The molecule has 0 amide bonds. The normalized spacial score (nSPS) is 9.20. The van der Waals surface area contributed by atoms with Gasteiger partial charge in [0.15, 0.2) is 5.76 Å². The first-order valence-corrected chi connectivity index (χ1v) is 2.76. The molecule has 10 heavy (non-hydrogen) atoms. The number of aromatic nitrogens is 1. The second-order valence-electron chi connectivity index (χ2n) is 1.70. The Labute approximate surface area is 57.7 Å². The lowest BCUT2D eigenvalue weighted by atomic mass is 10.3. The van der Waals surface area contributed by atoms with E-state index in [0.717, 1.165) is 0 Å². The molecule has 0 bridgehead atoms. The molecule has 0 spiro atoms. The molecule has 3 nitrogen and oxygen atoms in total. The molecule has 1 heterocycles. The van der Waals surface area contributed by atoms with Crippen molar-refractivity contribution in [2.45, 2.75) is 0 Å². The Morgan fingerprint density at radius 1 is 1.40 bits per heavy atom. The lowest BCUT2D eigenvalue weighted by Crippen LogP contribution is -1.94. The molecule has 0 unspecified atom stereocenters. The lowest BCUT2D eigenvalue weighted by molar-refractivity contribution is 0.507. The molecule has 0 radical (unpaired) electrons. The van der Waals surface area contributed by atoms with Gasteiger partial charge in [-0.3, -0.25) is 4.98 Å². The number of hydrogen-bond donors (Lipinski definition) is 1. The van der Waals surface area contributed by atoms with Gasteiger partial charge in [-0.1, -0.05) is 13.2 Å². The van der Waals surface area contributed by atoms with E-state index >= 15 is 0 Å². The molecule has 0 aliphatic rings. The third kappa shape index (κ3) is 0.932. The lowest BCUT2D eigenvalue weighted by Gasteiger charge is -1.82. The predicted octanol–water partition coefficient (Wildman–Crippen LogP) is 1.25. The van der Waals surface area contributed by atoms with Gasteiger partial charge in [0.25, 0.3) is 0 Å². The summed E-state index contributed by atoms with van der Waals surface area (Å²) in [5.74, 6) is -0.0511. The number of H-pyrrole nitrogens is 1. The highest BCUT2D eigenvalue weighted by Gasteiger charge is 2.00. The molecule has 0 aliphatic heterocycles. The van der Waals surface area contributed by atoms with Crippen molar-refractivity contribution in [3.05, 3.63) is 35.2 Å². The maximum atomic E-state index is 10.5. The van der Waals surface area contributed by atoms with E-state index in [1.165, 1.54) is 12.2 Å². The van der Waals surface area contributed by atoms with Gasteiger partial charge in [-0.2, -0.15) is 0 Å². The van der Waals surface area contributed by atoms with Crippen LogP contribution in [0, 0.1) is 0 Å². The van der Waals surface area contributed by atoms with Crippen LogP contribution in [0.3, 0.4) is 0 Å². The second kappa shape index (κ2) is 2.39. The number of aromatic amines is 1. The molecule has 1 rings (SSSR count). The number of nitrogens with one attached hydrogen (secondary N) is 1. The Kier molecular flexibility index (Phi) is 1.58. The minimum absolute atomic E-state index is 0.431. The van der Waals surface area contributed by atoms with Crippen molar-refractivity contribution in [1.29, 1.82) is 0 Å². The van der Waals surface area contributed by atoms with Gasteiger partial charge in [0.05, 0.1) is 5.69 Å². The molecule has 0 saturated heterocycles. The van der Waals surface area contributed by atoms with Gasteiger partial charge in [-0.05, 0) is 12.2 Å². The van der Waals surface area contributed by atoms with Crippen molar-refractivity contribution in [3.8, 4) is 0 Å². The summed E-state index contributed by atoms with van der Waals surface area (Å²) in [7, 11) is 0. The Hall–Kier alpha value is -1.51. The monoisotopic (exact) mass is 137 g/mol. The fourth-order valence-electron chi connectivity index (χ4n) is 0.655. The van der Waals surface area contributed by atoms with Crippen molar-refractivity contribution in [3.63, 3.8) is 0 Å². The van der Waals surface area contributed by atoms with E-state index in [-0.39, 0.29) is 0 Å². The summed E-state index contributed by atoms with van der Waals surface area (Å²) in [5, 5.41) is 0. The first-order valence-electron chi connectivity index (χ1n) is 2.76. The Balaban J connectivity index is 3.33. The van der Waals surface area contributed by atoms with Gasteiger partial charge in [-0.25, -0.2) is 4.79 Å². The van der Waals surface area contributed by atoms with Crippen LogP contribution in [0.1, 0.15) is 11.5 Å². The minimum atomic E-state index is -0.482. The SMILES string of the molecule is C=Cc1[nH]c(=O)oc1C=C. The molecular formula is C7H7NO2. The third-order valence-corrected chi connectivity index (χ3v) is 1.09. The topological polar surface area (TPSA) is 46.0 Å². The summed E-state index contributed by atoms with van der Waals surface area (Å²) in [6, 6.07) is 0. The van der Waals surface area contributed by atoms with Crippen molar-refractivity contribution >= 4 is 12.2 Å². The van der Waals surface area contributed by atoms with Crippen LogP contribution in [0.25, 0.3) is 12.2 Å². The van der Waals surface area contributed by atoms with E-state index < -0.39 is 5.76 Å². The van der Waals surface area contributed by atoms with Crippen LogP contribution in [-0.2, 0) is 0 Å². The zero-order valence-electron chi connectivity index (χ0n) is 5.39. The van der Waals surface area contributed by atoms with Gasteiger partial charge in [0.1, 0.15) is 0 Å². The molecule has 3 heteroatoms. The molecule has 52 valence electrons. The Bertz CT molecular complexity index is 277. The highest BCUT2D eigenvalue weighted by molar-refractivity contribution is 5.55. The smallest absolute Gasteiger partial charge is 0.408 e. The second-order valence-corrected chi connectivity index (χ2v) is 1.70. The van der Waals surface area contributed by atoms with Crippen LogP contribution < -0.4 is 5.76 Å². The first kappa shape index (κ1) is 6.61. The molecule has 0 aromatic carbocycles. The summed E-state index contributed by atoms with van der Waals surface area (Å²) in [4.78, 5) is 12.9. The van der Waals surface area contributed by atoms with Crippen molar-refractivity contribution in [1.82, 2.24) is 4.98 Å². The van der Waals surface area contributed by atoms with Crippen molar-refractivity contribution in [2.75, 3.05) is 0 Å². The summed E-state index contributed by atoms with van der Waals surface area (Å²) >= 11 is 0. The van der Waals surface area contributed by atoms with Gasteiger partial charge in [-0.15, -0.1) is 0 Å². The fraction of sp³-hybridized carbons (Fsp3) is 0. The average molecular weight is 137 g/mol. The van der Waals surface area contributed by atoms with Crippen LogP contribution in [0.5, 0.6) is 0 Å². The number of hydrogen-bond acceptors (Lipinski definition) is 2. The molecule has 1 aromatic heterocycles. The van der Waals surface area contributed by atoms with E-state index in [4.69, 9.17) is 0 Å². The van der Waals surface area contributed by atoms with Crippen molar-refractivity contribution < 1.29 is 4.42 Å². The van der Waals surface area contributed by atoms with E-state index in [2.05, 4.69) is 22.6 Å². The van der Waals surface area contributed by atoms with Crippen LogP contribution >= 0.6 is 0 Å². The van der Waals surface area contributed by atoms with Crippen LogP contribution in [-0.4, -0.2) is 4.98 Å². The summed E-state index contributed by atoms with van der Waals surface area (Å²) in [6.07, 6.45) is 2.96. The minimum Gasteiger partial charge on any atom is -0.408 e. The maximum Gasteiger partial charge on any atom is 0.417 e. The summed E-state index contributed by atoms with van der Waals surface area (Å²) < 4.78 is 4.65. The highest BCUT2D eigenvalue weighted by atomic mass is 16.4. The Morgan fingerprint density at radius 2 is 2.10 bits per heavy atom. The Morgan fingerprint density at radius 3 is 2.50 bits per heavy atom. The molecule has 0 fully saturated rings. The third-order valence-electron chi connectivity index (χ3n) is 1.09. The first-order chi connectivity index (χ1) is 4.77. The molecule has 0 saturated carbocycles. The largest absolute Gasteiger partial charge is 0.417 e. The van der Waals surface area contributed by atoms with E-state index in [0.29, 0.717) is 11.5 Å². The molecule has 1 N–H and O–H groups in total. The van der Waals surface area contributed by atoms with E-state index in [9.17, 15) is 4.79 Å². The van der Waals surface area contributed by atoms with Crippen molar-refractivity contribution in [2.24, 2.45) is 0 Å². The number of rotatable bonds is 2. The average Bonchev–Trinajstić information content (AvgIpc) is 2.30.